The highest BCUT2D eigenvalue weighted by Crippen LogP contribution is 2.12. The summed E-state index contributed by atoms with van der Waals surface area (Å²) >= 11 is 0. The Morgan fingerprint density at radius 1 is 1.33 bits per heavy atom. The average molecular weight is 312 g/mol. The van der Waals surface area contributed by atoms with E-state index in [0.717, 1.165) is 25.2 Å². The molecule has 0 saturated carbocycles. The molecule has 7 heteroatoms. The highest BCUT2D eigenvalue weighted by Gasteiger charge is 2.16. The van der Waals surface area contributed by atoms with Crippen LogP contribution in [0.1, 0.15) is 18.4 Å². The van der Waals surface area contributed by atoms with E-state index in [9.17, 15) is 13.2 Å². The second-order valence-corrected chi connectivity index (χ2v) is 6.78. The summed E-state index contributed by atoms with van der Waals surface area (Å²) in [5, 5.41) is 7.92. The number of hydrogen-bond acceptors (Lipinski definition) is 4. The van der Waals surface area contributed by atoms with Crippen LogP contribution in [0.25, 0.3) is 0 Å². The molecule has 116 valence electrons. The quantitative estimate of drug-likeness (QED) is 0.795. The van der Waals surface area contributed by atoms with Gasteiger partial charge in [0.25, 0.3) is 0 Å². The standard InChI is InChI=1S/C14H20N2O4S/c15-21(18,19)13-4-1-11(2-5-13)3-6-14(17)16-9-12-7-8-20-10-12/h1-2,4-5,12H,3,6-10H2,(H,16,17)(H2,15,18,19)/t12-/m0/s1. The first-order valence-corrected chi connectivity index (χ1v) is 8.46. The molecule has 2 rings (SSSR count). The van der Waals surface area contributed by atoms with E-state index in [2.05, 4.69) is 5.32 Å². The lowest BCUT2D eigenvalue weighted by molar-refractivity contribution is -0.121. The van der Waals surface area contributed by atoms with E-state index in [1.807, 2.05) is 0 Å². The lowest BCUT2D eigenvalue weighted by Crippen LogP contribution is -2.29. The van der Waals surface area contributed by atoms with E-state index >= 15 is 0 Å². The first kappa shape index (κ1) is 15.9. The number of sulfonamides is 1. The molecular weight excluding hydrogens is 292 g/mol. The number of ether oxygens (including phenoxy) is 1. The maximum Gasteiger partial charge on any atom is 0.238 e. The SMILES string of the molecule is NS(=O)(=O)c1ccc(CCC(=O)NC[C@@H]2CCOC2)cc1. The second kappa shape index (κ2) is 7.02. The van der Waals surface area contributed by atoms with Gasteiger partial charge in [-0.25, -0.2) is 13.6 Å². The Hall–Kier alpha value is -1.44. The van der Waals surface area contributed by atoms with Crippen LogP contribution in [0.15, 0.2) is 29.2 Å². The summed E-state index contributed by atoms with van der Waals surface area (Å²) in [7, 11) is -3.66. The van der Waals surface area contributed by atoms with Gasteiger partial charge in [-0.1, -0.05) is 12.1 Å². The number of nitrogens with two attached hydrogens (primary N) is 1. The molecule has 1 heterocycles. The average Bonchev–Trinajstić information content (AvgIpc) is 2.95. The van der Waals surface area contributed by atoms with Crippen molar-refractivity contribution in [1.29, 1.82) is 0 Å². The zero-order chi connectivity index (χ0) is 15.3. The molecule has 1 saturated heterocycles. The van der Waals surface area contributed by atoms with Crippen LogP contribution in [0, 0.1) is 5.92 Å². The molecule has 1 fully saturated rings. The number of carbonyl (C=O) groups excluding carboxylic acids is 1. The molecule has 0 aliphatic carbocycles. The predicted molar refractivity (Wildman–Crippen MR) is 78.1 cm³/mol. The van der Waals surface area contributed by atoms with Crippen molar-refractivity contribution in [2.75, 3.05) is 19.8 Å². The van der Waals surface area contributed by atoms with Gasteiger partial charge in [0, 0.05) is 25.5 Å². The first-order chi connectivity index (χ1) is 9.95. The number of amides is 1. The summed E-state index contributed by atoms with van der Waals surface area (Å²) in [6.45, 7) is 2.15. The molecule has 6 nitrogen and oxygen atoms in total. The van der Waals surface area contributed by atoms with Crippen LogP contribution in [-0.4, -0.2) is 34.1 Å². The summed E-state index contributed by atoms with van der Waals surface area (Å²) in [5.74, 6) is 0.417. The molecular formula is C14H20N2O4S. The molecule has 0 aromatic heterocycles. The van der Waals surface area contributed by atoms with Gasteiger partial charge in [-0.15, -0.1) is 0 Å². The van der Waals surface area contributed by atoms with Crippen LogP contribution in [-0.2, 0) is 26.0 Å². The van der Waals surface area contributed by atoms with Crippen molar-refractivity contribution < 1.29 is 17.9 Å². The van der Waals surface area contributed by atoms with Crippen LogP contribution < -0.4 is 10.5 Å². The molecule has 1 aromatic carbocycles. The lowest BCUT2D eigenvalue weighted by atomic mass is 10.1. The van der Waals surface area contributed by atoms with E-state index in [1.165, 1.54) is 12.1 Å². The molecule has 0 spiro atoms. The minimum absolute atomic E-state index is 0.00239. The molecule has 0 radical (unpaired) electrons. The van der Waals surface area contributed by atoms with Crippen molar-refractivity contribution in [3.05, 3.63) is 29.8 Å². The molecule has 1 aliphatic rings. The number of nitrogens with one attached hydrogen (secondary N) is 1. The Bertz CT molecular complexity index is 577. The van der Waals surface area contributed by atoms with Gasteiger partial charge in [0.15, 0.2) is 0 Å². The Morgan fingerprint density at radius 3 is 2.62 bits per heavy atom. The monoisotopic (exact) mass is 312 g/mol. The van der Waals surface area contributed by atoms with E-state index in [-0.39, 0.29) is 10.8 Å². The van der Waals surface area contributed by atoms with Gasteiger partial charge in [0.1, 0.15) is 0 Å². The van der Waals surface area contributed by atoms with Gasteiger partial charge in [-0.3, -0.25) is 4.79 Å². The summed E-state index contributed by atoms with van der Waals surface area (Å²) in [6, 6.07) is 6.27. The number of carbonyl (C=O) groups is 1. The number of aryl methyl sites for hydroxylation is 1. The minimum Gasteiger partial charge on any atom is -0.381 e. The summed E-state index contributed by atoms with van der Waals surface area (Å²) < 4.78 is 27.5. The molecule has 0 unspecified atom stereocenters. The summed E-state index contributed by atoms with van der Waals surface area (Å²) in [5.41, 5.74) is 0.904. The van der Waals surface area contributed by atoms with E-state index in [4.69, 9.17) is 9.88 Å². The van der Waals surface area contributed by atoms with Gasteiger partial charge < -0.3 is 10.1 Å². The van der Waals surface area contributed by atoms with Gasteiger partial charge in [-0.2, -0.15) is 0 Å². The third-order valence-electron chi connectivity index (χ3n) is 3.50. The van der Waals surface area contributed by atoms with Gasteiger partial charge >= 0.3 is 0 Å². The largest absolute Gasteiger partial charge is 0.381 e. The number of hydrogen-bond donors (Lipinski definition) is 2. The Labute approximate surface area is 124 Å². The van der Waals surface area contributed by atoms with E-state index in [0.29, 0.717) is 25.3 Å². The van der Waals surface area contributed by atoms with Crippen molar-refractivity contribution >= 4 is 15.9 Å². The van der Waals surface area contributed by atoms with Gasteiger partial charge in [-0.05, 0) is 30.5 Å². The smallest absolute Gasteiger partial charge is 0.238 e. The van der Waals surface area contributed by atoms with Crippen molar-refractivity contribution in [3.8, 4) is 0 Å². The van der Waals surface area contributed by atoms with Crippen LogP contribution in [0.2, 0.25) is 0 Å². The zero-order valence-corrected chi connectivity index (χ0v) is 12.6. The summed E-state index contributed by atoms with van der Waals surface area (Å²) in [6.07, 6.45) is 1.94. The highest BCUT2D eigenvalue weighted by molar-refractivity contribution is 7.89. The zero-order valence-electron chi connectivity index (χ0n) is 11.7. The summed E-state index contributed by atoms with van der Waals surface area (Å²) in [4.78, 5) is 11.8. The molecule has 0 bridgehead atoms. The Balaban J connectivity index is 1.75. The van der Waals surface area contributed by atoms with Crippen molar-refractivity contribution in [2.45, 2.75) is 24.2 Å². The number of rotatable bonds is 6. The van der Waals surface area contributed by atoms with Crippen LogP contribution in [0.4, 0.5) is 0 Å². The normalized spacial score (nSPS) is 18.6. The Kier molecular flexibility index (Phi) is 5.33. The predicted octanol–water partition coefficient (Wildman–Crippen LogP) is 0.419. The molecule has 1 aliphatic heterocycles. The number of benzene rings is 1. The number of primary sulfonamides is 1. The maximum absolute atomic E-state index is 11.7. The molecule has 3 N–H and O–H groups in total. The molecule has 1 aromatic rings. The van der Waals surface area contributed by atoms with Gasteiger partial charge in [0.2, 0.25) is 15.9 Å². The molecule has 21 heavy (non-hydrogen) atoms. The van der Waals surface area contributed by atoms with Crippen LogP contribution in [0.3, 0.4) is 0 Å². The fraction of sp³-hybridized carbons (Fsp3) is 0.500. The fourth-order valence-corrected chi connectivity index (χ4v) is 2.71. The maximum atomic E-state index is 11.7. The van der Waals surface area contributed by atoms with Crippen LogP contribution in [0.5, 0.6) is 0 Å². The Morgan fingerprint density at radius 2 is 2.05 bits per heavy atom. The second-order valence-electron chi connectivity index (χ2n) is 5.22. The lowest BCUT2D eigenvalue weighted by Gasteiger charge is -2.09. The fourth-order valence-electron chi connectivity index (χ4n) is 2.19. The van der Waals surface area contributed by atoms with Crippen molar-refractivity contribution in [2.24, 2.45) is 11.1 Å². The third kappa shape index (κ3) is 5.11. The molecule has 1 amide bonds. The third-order valence-corrected chi connectivity index (χ3v) is 4.43. The van der Waals surface area contributed by atoms with Crippen molar-refractivity contribution in [1.82, 2.24) is 5.32 Å². The van der Waals surface area contributed by atoms with E-state index in [1.54, 1.807) is 12.1 Å². The molecule has 1 atom stereocenters. The van der Waals surface area contributed by atoms with E-state index < -0.39 is 10.0 Å². The topological polar surface area (TPSA) is 98.5 Å². The van der Waals surface area contributed by atoms with Crippen molar-refractivity contribution in [3.63, 3.8) is 0 Å². The first-order valence-electron chi connectivity index (χ1n) is 6.91. The van der Waals surface area contributed by atoms with Crippen LogP contribution >= 0.6 is 0 Å². The highest BCUT2D eigenvalue weighted by atomic mass is 32.2. The van der Waals surface area contributed by atoms with Gasteiger partial charge in [0.05, 0.1) is 11.5 Å². The minimum atomic E-state index is -3.66.